The zero-order valence-electron chi connectivity index (χ0n) is 34.6. The van der Waals surface area contributed by atoms with Crippen molar-refractivity contribution in [1.82, 2.24) is 0 Å². The van der Waals surface area contributed by atoms with Crippen LogP contribution in [0.3, 0.4) is 0 Å². The Morgan fingerprint density at radius 2 is 1.04 bits per heavy atom. The average Bonchev–Trinajstić information content (AvgIpc) is 3.74. The van der Waals surface area contributed by atoms with Crippen LogP contribution in [0.15, 0.2) is 108 Å². The van der Waals surface area contributed by atoms with Crippen molar-refractivity contribution in [3.8, 4) is 0 Å². The summed E-state index contributed by atoms with van der Waals surface area (Å²) in [6.07, 6.45) is 10.6. The molecule has 0 heterocycles. The maximum Gasteiger partial charge on any atom is -1.00 e. The maximum atomic E-state index is 3.43. The molecule has 0 spiro atoms. The molecule has 54 heavy (non-hydrogen) atoms. The van der Waals surface area contributed by atoms with Gasteiger partial charge in [-0.1, -0.05) is 103 Å². The molecular weight excluding hydrogens is 791 g/mol. The summed E-state index contributed by atoms with van der Waals surface area (Å²) in [7, 11) is -1.07. The van der Waals surface area contributed by atoms with Gasteiger partial charge >= 0.3 is 112 Å². The van der Waals surface area contributed by atoms with E-state index in [-0.39, 0.29) is 35.6 Å². The Morgan fingerprint density at radius 3 is 1.35 bits per heavy atom. The van der Waals surface area contributed by atoms with E-state index in [2.05, 4.69) is 192 Å². The van der Waals surface area contributed by atoms with Crippen LogP contribution in [0.5, 0.6) is 0 Å². The fraction of sp³-hybridized carbons (Fsp3) is 0.320. The smallest absolute Gasteiger partial charge is 1.00 e. The van der Waals surface area contributed by atoms with E-state index in [1.165, 1.54) is 110 Å². The molecule has 0 saturated carbocycles. The molecule has 0 amide bonds. The van der Waals surface area contributed by atoms with Gasteiger partial charge in [0.15, 0.2) is 0 Å². The van der Waals surface area contributed by atoms with Gasteiger partial charge in [0.25, 0.3) is 0 Å². The molecule has 4 heteroatoms. The summed E-state index contributed by atoms with van der Waals surface area (Å²) < 4.78 is 1.42. The van der Waals surface area contributed by atoms with Crippen molar-refractivity contribution in [3.05, 3.63) is 158 Å². The van der Waals surface area contributed by atoms with Crippen molar-refractivity contribution in [3.63, 3.8) is 0 Å². The summed E-state index contributed by atoms with van der Waals surface area (Å²) in [4.78, 5) is 0. The molecule has 1 unspecified atom stereocenters. The average molecular weight is 847 g/mol. The molecule has 0 saturated heterocycles. The third-order valence-electron chi connectivity index (χ3n) is 11.1. The number of allylic oxidation sites excluding steroid dienone is 8. The van der Waals surface area contributed by atoms with Crippen LogP contribution in [-0.2, 0) is 35.1 Å². The summed E-state index contributed by atoms with van der Waals surface area (Å²) in [6.45, 7) is 29.6. The SMILES string of the molecule is CC1=CC(C)(C)c2cc3[cH-]c4cc5c(cc4c3cc21)C(C)=CC5(C)C.CC1=[C-]C(C)C=C1[Si](C)(C)C.Cc1ccc([C](=[Zr+2])c2ccc(C)cc2)cc1.[Cl-].[Cl-]. The number of hydrogen-bond donors (Lipinski definition) is 0. The second-order valence-corrected chi connectivity index (χ2v) is 24.0. The van der Waals surface area contributed by atoms with Gasteiger partial charge in [-0.3, -0.25) is 6.08 Å². The minimum atomic E-state index is -1.07. The summed E-state index contributed by atoms with van der Waals surface area (Å²) in [5.41, 5.74) is 15.6. The van der Waals surface area contributed by atoms with Crippen molar-refractivity contribution in [2.24, 2.45) is 5.92 Å². The molecule has 0 radical (unpaired) electrons. The largest absolute Gasteiger partial charge is 1.00 e. The minimum Gasteiger partial charge on any atom is -1.00 e. The molecule has 280 valence electrons. The summed E-state index contributed by atoms with van der Waals surface area (Å²) in [5.74, 6) is 0.553. The van der Waals surface area contributed by atoms with Crippen molar-refractivity contribution >= 4 is 44.0 Å². The summed E-state index contributed by atoms with van der Waals surface area (Å²) >= 11 is 1.46. The first-order valence-corrected chi connectivity index (χ1v) is 23.7. The van der Waals surface area contributed by atoms with E-state index in [1.807, 2.05) is 0 Å². The maximum absolute atomic E-state index is 3.43. The third-order valence-corrected chi connectivity index (χ3v) is 14.7. The fourth-order valence-corrected chi connectivity index (χ4v) is 11.2. The number of rotatable bonds is 3. The molecule has 5 aromatic carbocycles. The van der Waals surface area contributed by atoms with Gasteiger partial charge in [0.1, 0.15) is 0 Å². The fourth-order valence-electron chi connectivity index (χ4n) is 8.47. The van der Waals surface area contributed by atoms with Crippen LogP contribution in [0.1, 0.15) is 99.9 Å². The minimum absolute atomic E-state index is 0. The number of halogens is 2. The van der Waals surface area contributed by atoms with Crippen LogP contribution >= 0.6 is 0 Å². The Kier molecular flexibility index (Phi) is 13.3. The first-order valence-electron chi connectivity index (χ1n) is 18.9. The molecule has 0 N–H and O–H groups in total. The topological polar surface area (TPSA) is 0 Å². The monoisotopic (exact) mass is 844 g/mol. The van der Waals surface area contributed by atoms with Crippen LogP contribution < -0.4 is 24.8 Å². The van der Waals surface area contributed by atoms with Gasteiger partial charge in [0.2, 0.25) is 0 Å². The summed E-state index contributed by atoms with van der Waals surface area (Å²) in [6, 6.07) is 29.6. The van der Waals surface area contributed by atoms with E-state index in [0.717, 1.165) is 0 Å². The van der Waals surface area contributed by atoms with Gasteiger partial charge < -0.3 is 24.8 Å². The van der Waals surface area contributed by atoms with E-state index in [1.54, 1.807) is 5.20 Å². The van der Waals surface area contributed by atoms with E-state index in [9.17, 15) is 0 Å². The molecule has 0 fully saturated rings. The van der Waals surface area contributed by atoms with Gasteiger partial charge in [-0.2, -0.15) is 6.08 Å². The Morgan fingerprint density at radius 1 is 0.648 bits per heavy atom. The molecule has 0 aliphatic heterocycles. The normalized spacial score (nSPS) is 17.4. The molecule has 0 bridgehead atoms. The van der Waals surface area contributed by atoms with Gasteiger partial charge in [-0.15, -0.1) is 39.7 Å². The van der Waals surface area contributed by atoms with Gasteiger partial charge in [0, 0.05) is 10.8 Å². The molecule has 0 aromatic heterocycles. The number of aryl methyl sites for hydroxylation is 2. The number of benzene rings is 4. The molecule has 3 aliphatic rings. The number of fused-ring (bicyclic) bond motifs is 5. The van der Waals surface area contributed by atoms with Crippen LogP contribution in [0.2, 0.25) is 19.6 Å². The van der Waals surface area contributed by atoms with Crippen LogP contribution in [-0.4, -0.2) is 11.3 Å². The van der Waals surface area contributed by atoms with Gasteiger partial charge in [-0.25, -0.2) is 10.8 Å². The zero-order chi connectivity index (χ0) is 37.9. The quantitative estimate of drug-likeness (QED) is 0.129. The van der Waals surface area contributed by atoms with Gasteiger partial charge in [0.05, 0.1) is 0 Å². The summed E-state index contributed by atoms with van der Waals surface area (Å²) in [5, 5.41) is 7.17. The Hall–Kier alpha value is -2.74. The zero-order valence-corrected chi connectivity index (χ0v) is 39.5. The standard InChI is InChI=1S/C25H25.C15H14.C10H17Si.2ClH.Zr/c1-14-12-24(3,4)22-8-16-7-17-9-23-19(15(2)13-25(23,5)6)11-21(17)20(16)10-18(14)22;1-12-3-7-14(8-4-12)11-15-9-5-13(2)6-10-15;1-8-6-9(2)10(7-8)11(3,4)5;;;/h7-13H,1-6H3;3-10H,1-2H3;7-8H,1-5H3;2*1H;/q-1;;-1;;;+2/p-2. The van der Waals surface area contributed by atoms with E-state index in [0.29, 0.717) is 5.92 Å². The van der Waals surface area contributed by atoms with E-state index < -0.39 is 8.07 Å². The number of hydrogen-bond acceptors (Lipinski definition) is 0. The second kappa shape index (κ2) is 16.4. The second-order valence-electron chi connectivity index (χ2n) is 17.7. The first kappa shape index (κ1) is 44.0. The predicted molar refractivity (Wildman–Crippen MR) is 229 cm³/mol. The van der Waals surface area contributed by atoms with Crippen LogP contribution in [0.25, 0.3) is 32.7 Å². The van der Waals surface area contributed by atoms with E-state index >= 15 is 0 Å². The molecule has 8 rings (SSSR count). The molecule has 3 aliphatic carbocycles. The van der Waals surface area contributed by atoms with Crippen molar-refractivity contribution < 1.29 is 49.0 Å². The Balaban J connectivity index is 0.000000194. The third kappa shape index (κ3) is 8.94. The van der Waals surface area contributed by atoms with Crippen LogP contribution in [0.4, 0.5) is 0 Å². The molecular formula is C50H56Cl2SiZr-2. The molecule has 5 aromatic rings. The van der Waals surface area contributed by atoms with Crippen LogP contribution in [0, 0.1) is 25.8 Å². The predicted octanol–water partition coefficient (Wildman–Crippen LogP) is 7.72. The Labute approximate surface area is 354 Å². The van der Waals surface area contributed by atoms with E-state index in [4.69, 9.17) is 0 Å². The Bertz CT molecular complexity index is 2200. The van der Waals surface area contributed by atoms with Crippen molar-refractivity contribution in [2.75, 3.05) is 0 Å². The van der Waals surface area contributed by atoms with Crippen molar-refractivity contribution in [2.45, 2.75) is 99.7 Å². The first-order chi connectivity index (χ1) is 24.2. The molecule has 1 atom stereocenters. The van der Waals surface area contributed by atoms with Crippen molar-refractivity contribution in [1.29, 1.82) is 0 Å². The van der Waals surface area contributed by atoms with Gasteiger partial charge in [-0.05, 0) is 44.2 Å². The molecule has 0 nitrogen and oxygen atoms in total.